The molecule has 5 heteroatoms. The van der Waals surface area contributed by atoms with E-state index in [0.717, 1.165) is 37.1 Å². The van der Waals surface area contributed by atoms with Gasteiger partial charge in [-0.3, -0.25) is 4.98 Å². The van der Waals surface area contributed by atoms with Gasteiger partial charge in [0.25, 0.3) is 0 Å². The van der Waals surface area contributed by atoms with Crippen molar-refractivity contribution < 1.29 is 0 Å². The van der Waals surface area contributed by atoms with Gasteiger partial charge in [-0.15, -0.1) is 0 Å². The molecule has 1 aliphatic heterocycles. The van der Waals surface area contributed by atoms with E-state index < -0.39 is 0 Å². The third kappa shape index (κ3) is 4.44. The zero-order valence-electron chi connectivity index (χ0n) is 11.4. The lowest BCUT2D eigenvalue weighted by atomic mass is 10.3. The lowest BCUT2D eigenvalue weighted by Crippen LogP contribution is -2.31. The Morgan fingerprint density at radius 2 is 2.11 bits per heavy atom. The van der Waals surface area contributed by atoms with Gasteiger partial charge in [-0.1, -0.05) is 0 Å². The first-order valence-electron chi connectivity index (χ1n) is 7.08. The van der Waals surface area contributed by atoms with Crippen LogP contribution in [0, 0.1) is 0 Å². The molecule has 0 saturated carbocycles. The van der Waals surface area contributed by atoms with Crippen molar-refractivity contribution in [1.82, 2.24) is 9.88 Å². The number of anilines is 1. The Balaban J connectivity index is 1.88. The van der Waals surface area contributed by atoms with Gasteiger partial charge in [0.1, 0.15) is 0 Å². The first kappa shape index (κ1) is 14.8. The molecule has 0 radical (unpaired) electrons. The summed E-state index contributed by atoms with van der Waals surface area (Å²) in [6.07, 6.45) is 7.31. The number of aromatic nitrogens is 1. The van der Waals surface area contributed by atoms with Crippen LogP contribution in [0.4, 0.5) is 5.69 Å². The molecule has 1 aromatic rings. The lowest BCUT2D eigenvalue weighted by molar-refractivity contribution is 0.288. The van der Waals surface area contributed by atoms with Gasteiger partial charge in [0.2, 0.25) is 0 Å². The zero-order valence-corrected chi connectivity index (χ0v) is 13.0. The Labute approximate surface area is 124 Å². The van der Waals surface area contributed by atoms with Crippen molar-refractivity contribution in [1.29, 1.82) is 0 Å². The van der Waals surface area contributed by atoms with Crippen molar-refractivity contribution in [2.75, 3.05) is 44.2 Å². The highest BCUT2D eigenvalue weighted by molar-refractivity contribution is 9.10. The normalized spacial score (nSPS) is 17.5. The van der Waals surface area contributed by atoms with Crippen molar-refractivity contribution in [2.45, 2.75) is 19.3 Å². The van der Waals surface area contributed by atoms with E-state index in [1.54, 1.807) is 0 Å². The van der Waals surface area contributed by atoms with E-state index in [1.165, 1.54) is 31.6 Å². The van der Waals surface area contributed by atoms with Gasteiger partial charge in [0.15, 0.2) is 0 Å². The van der Waals surface area contributed by atoms with Gasteiger partial charge in [-0.25, -0.2) is 0 Å². The van der Waals surface area contributed by atoms with Crippen LogP contribution < -0.4 is 10.6 Å². The molecule has 2 N–H and O–H groups in total. The van der Waals surface area contributed by atoms with Gasteiger partial charge in [0.05, 0.1) is 10.2 Å². The second kappa shape index (κ2) is 7.82. The molecular formula is C14H23BrN4. The molecule has 106 valence electrons. The molecule has 1 aliphatic rings. The molecule has 0 bridgehead atoms. The summed E-state index contributed by atoms with van der Waals surface area (Å²) in [5, 5.41) is 0. The van der Waals surface area contributed by atoms with Crippen LogP contribution in [0.1, 0.15) is 19.3 Å². The largest absolute Gasteiger partial charge is 0.369 e. The molecule has 1 saturated heterocycles. The van der Waals surface area contributed by atoms with E-state index >= 15 is 0 Å². The highest BCUT2D eigenvalue weighted by atomic mass is 79.9. The highest BCUT2D eigenvalue weighted by Crippen LogP contribution is 2.25. The standard InChI is InChI=1S/C14H23BrN4/c15-13-12-17-6-4-14(13)19-9-3-8-18(10-11-19)7-2-1-5-16/h4,6,12H,1-3,5,7-11,16H2. The third-order valence-corrected chi connectivity index (χ3v) is 4.22. The van der Waals surface area contributed by atoms with Crippen molar-refractivity contribution in [3.05, 3.63) is 22.9 Å². The fourth-order valence-electron chi connectivity index (χ4n) is 2.54. The van der Waals surface area contributed by atoms with Crippen LogP contribution in [-0.4, -0.2) is 49.2 Å². The Bertz CT molecular complexity index is 385. The van der Waals surface area contributed by atoms with Crippen LogP contribution in [0.2, 0.25) is 0 Å². The van der Waals surface area contributed by atoms with Crippen LogP contribution in [0.15, 0.2) is 22.9 Å². The summed E-state index contributed by atoms with van der Waals surface area (Å²) in [5.74, 6) is 0. The summed E-state index contributed by atoms with van der Waals surface area (Å²) in [5.41, 5.74) is 6.81. The Morgan fingerprint density at radius 1 is 1.21 bits per heavy atom. The summed E-state index contributed by atoms with van der Waals surface area (Å²) < 4.78 is 1.09. The first-order valence-corrected chi connectivity index (χ1v) is 7.87. The second-order valence-corrected chi connectivity index (χ2v) is 5.86. The third-order valence-electron chi connectivity index (χ3n) is 3.61. The number of hydrogen-bond donors (Lipinski definition) is 1. The topological polar surface area (TPSA) is 45.4 Å². The number of nitrogens with two attached hydrogens (primary N) is 1. The van der Waals surface area contributed by atoms with E-state index in [9.17, 15) is 0 Å². The fraction of sp³-hybridized carbons (Fsp3) is 0.643. The van der Waals surface area contributed by atoms with Crippen LogP contribution in [0.5, 0.6) is 0 Å². The maximum absolute atomic E-state index is 5.55. The molecule has 1 aromatic heterocycles. The molecule has 19 heavy (non-hydrogen) atoms. The molecular weight excluding hydrogens is 304 g/mol. The average molecular weight is 327 g/mol. The van der Waals surface area contributed by atoms with Gasteiger partial charge < -0.3 is 15.5 Å². The van der Waals surface area contributed by atoms with Crippen LogP contribution in [0.3, 0.4) is 0 Å². The summed E-state index contributed by atoms with van der Waals surface area (Å²) in [4.78, 5) is 9.15. The predicted molar refractivity (Wildman–Crippen MR) is 83.5 cm³/mol. The minimum atomic E-state index is 0.809. The molecule has 2 heterocycles. The van der Waals surface area contributed by atoms with Gasteiger partial charge in [0, 0.05) is 32.0 Å². The van der Waals surface area contributed by atoms with E-state index in [4.69, 9.17) is 5.73 Å². The second-order valence-electron chi connectivity index (χ2n) is 5.01. The number of hydrogen-bond acceptors (Lipinski definition) is 4. The summed E-state index contributed by atoms with van der Waals surface area (Å²) in [7, 11) is 0. The minimum absolute atomic E-state index is 0.809. The smallest absolute Gasteiger partial charge is 0.0592 e. The van der Waals surface area contributed by atoms with Crippen LogP contribution >= 0.6 is 15.9 Å². The highest BCUT2D eigenvalue weighted by Gasteiger charge is 2.16. The van der Waals surface area contributed by atoms with E-state index in [1.807, 2.05) is 12.4 Å². The lowest BCUT2D eigenvalue weighted by Gasteiger charge is -2.24. The molecule has 0 amide bonds. The number of halogens is 1. The average Bonchev–Trinajstić information content (AvgIpc) is 2.65. The SMILES string of the molecule is NCCCCN1CCCN(c2ccncc2Br)CC1. The molecule has 0 aliphatic carbocycles. The molecule has 4 nitrogen and oxygen atoms in total. The predicted octanol–water partition coefficient (Wildman–Crippen LogP) is 2.10. The Morgan fingerprint density at radius 3 is 2.89 bits per heavy atom. The van der Waals surface area contributed by atoms with Crippen LogP contribution in [0.25, 0.3) is 0 Å². The maximum atomic E-state index is 5.55. The fourth-order valence-corrected chi connectivity index (χ4v) is 3.04. The molecule has 0 spiro atoms. The van der Waals surface area contributed by atoms with Gasteiger partial charge in [-0.2, -0.15) is 0 Å². The molecule has 0 atom stereocenters. The van der Waals surface area contributed by atoms with E-state index in [-0.39, 0.29) is 0 Å². The number of nitrogens with zero attached hydrogens (tertiary/aromatic N) is 3. The number of unbranched alkanes of at least 4 members (excludes halogenated alkanes) is 1. The monoisotopic (exact) mass is 326 g/mol. The number of rotatable bonds is 5. The van der Waals surface area contributed by atoms with Crippen molar-refractivity contribution in [2.24, 2.45) is 5.73 Å². The van der Waals surface area contributed by atoms with Crippen molar-refractivity contribution >= 4 is 21.6 Å². The van der Waals surface area contributed by atoms with E-state index in [2.05, 4.69) is 36.8 Å². The zero-order chi connectivity index (χ0) is 13.5. The molecule has 1 fully saturated rings. The summed E-state index contributed by atoms with van der Waals surface area (Å²) in [6.45, 7) is 6.54. The maximum Gasteiger partial charge on any atom is 0.0592 e. The van der Waals surface area contributed by atoms with Gasteiger partial charge >= 0.3 is 0 Å². The van der Waals surface area contributed by atoms with Crippen molar-refractivity contribution in [3.63, 3.8) is 0 Å². The molecule has 0 unspecified atom stereocenters. The Hall–Kier alpha value is -0.650. The summed E-state index contributed by atoms with van der Waals surface area (Å²) >= 11 is 3.59. The number of pyridine rings is 1. The summed E-state index contributed by atoms with van der Waals surface area (Å²) in [6, 6.07) is 2.09. The molecule has 2 rings (SSSR count). The van der Waals surface area contributed by atoms with Gasteiger partial charge in [-0.05, 0) is 60.9 Å². The first-order chi connectivity index (χ1) is 9.31. The van der Waals surface area contributed by atoms with Crippen molar-refractivity contribution in [3.8, 4) is 0 Å². The quantitative estimate of drug-likeness (QED) is 0.841. The molecule has 0 aromatic carbocycles. The minimum Gasteiger partial charge on any atom is -0.369 e. The van der Waals surface area contributed by atoms with Crippen LogP contribution in [-0.2, 0) is 0 Å². The Kier molecular flexibility index (Phi) is 6.07. The van der Waals surface area contributed by atoms with E-state index in [0.29, 0.717) is 0 Å².